The zero-order valence-corrected chi connectivity index (χ0v) is 10.9. The van der Waals surface area contributed by atoms with Gasteiger partial charge in [-0.05, 0) is 30.4 Å². The summed E-state index contributed by atoms with van der Waals surface area (Å²) < 4.78 is 18.7. The second-order valence-electron chi connectivity index (χ2n) is 4.82. The minimum Gasteiger partial charge on any atom is -0.423 e. The van der Waals surface area contributed by atoms with Crippen molar-refractivity contribution in [1.82, 2.24) is 0 Å². The lowest BCUT2D eigenvalue weighted by molar-refractivity contribution is 0.115. The summed E-state index contributed by atoms with van der Waals surface area (Å²) in [6.07, 6.45) is 2.11. The minimum atomic E-state index is -1.79. The van der Waals surface area contributed by atoms with Crippen LogP contribution in [0.5, 0.6) is 0 Å². The molecule has 100 valence electrons. The van der Waals surface area contributed by atoms with E-state index in [9.17, 15) is 4.39 Å². The van der Waals surface area contributed by atoms with Crippen molar-refractivity contribution in [3.8, 4) is 0 Å². The largest absolute Gasteiger partial charge is 0.491 e. The van der Waals surface area contributed by atoms with Gasteiger partial charge in [-0.3, -0.25) is 0 Å². The average molecular weight is 254 g/mol. The maximum Gasteiger partial charge on any atom is 0.491 e. The molecule has 0 atom stereocenters. The first kappa shape index (κ1) is 15.2. The van der Waals surface area contributed by atoms with E-state index in [-0.39, 0.29) is 5.46 Å². The van der Waals surface area contributed by atoms with Crippen molar-refractivity contribution < 1.29 is 19.2 Å². The summed E-state index contributed by atoms with van der Waals surface area (Å²) >= 11 is 0. The maximum atomic E-state index is 13.2. The van der Waals surface area contributed by atoms with Gasteiger partial charge in [0.05, 0.1) is 6.61 Å². The van der Waals surface area contributed by atoms with E-state index in [1.807, 2.05) is 0 Å². The predicted octanol–water partition coefficient (Wildman–Crippen LogP) is 1.46. The van der Waals surface area contributed by atoms with E-state index in [2.05, 4.69) is 13.8 Å². The molecular weight excluding hydrogens is 234 g/mol. The van der Waals surface area contributed by atoms with E-state index in [1.54, 1.807) is 6.07 Å². The first-order valence-electron chi connectivity index (χ1n) is 6.23. The van der Waals surface area contributed by atoms with Crippen molar-refractivity contribution >= 4 is 12.6 Å². The number of benzene rings is 1. The highest BCUT2D eigenvalue weighted by atomic mass is 19.1. The number of halogens is 1. The van der Waals surface area contributed by atoms with Gasteiger partial charge in [0.2, 0.25) is 0 Å². The van der Waals surface area contributed by atoms with E-state index in [0.717, 1.165) is 18.4 Å². The quantitative estimate of drug-likeness (QED) is 0.572. The molecule has 0 aliphatic heterocycles. The molecule has 0 unspecified atom stereocenters. The van der Waals surface area contributed by atoms with Crippen molar-refractivity contribution in [3.05, 3.63) is 29.6 Å². The molecule has 2 N–H and O–H groups in total. The Balaban J connectivity index is 2.41. The zero-order chi connectivity index (χ0) is 13.5. The van der Waals surface area contributed by atoms with Crippen molar-refractivity contribution in [3.63, 3.8) is 0 Å². The van der Waals surface area contributed by atoms with Gasteiger partial charge in [0.25, 0.3) is 0 Å². The molecule has 1 aromatic rings. The Hall–Kier alpha value is -0.905. The molecule has 0 spiro atoms. The summed E-state index contributed by atoms with van der Waals surface area (Å²) in [5.41, 5.74) is 0.627. The molecular formula is C13H20BFO3. The Morgan fingerprint density at radius 1 is 1.33 bits per heavy atom. The first-order chi connectivity index (χ1) is 8.50. The van der Waals surface area contributed by atoms with Gasteiger partial charge in [0.1, 0.15) is 5.82 Å². The second kappa shape index (κ2) is 7.51. The molecule has 0 amide bonds. The highest BCUT2D eigenvalue weighted by Crippen LogP contribution is 2.06. The lowest BCUT2D eigenvalue weighted by Crippen LogP contribution is -2.33. The fourth-order valence-corrected chi connectivity index (χ4v) is 1.66. The van der Waals surface area contributed by atoms with Crippen LogP contribution in [0.25, 0.3) is 0 Å². The minimum absolute atomic E-state index is 0.113. The van der Waals surface area contributed by atoms with Crippen LogP contribution in [0.4, 0.5) is 4.39 Å². The van der Waals surface area contributed by atoms with Crippen molar-refractivity contribution in [2.75, 3.05) is 6.61 Å². The molecule has 3 nitrogen and oxygen atoms in total. The van der Waals surface area contributed by atoms with Gasteiger partial charge < -0.3 is 14.8 Å². The molecule has 0 fully saturated rings. The molecule has 5 heteroatoms. The van der Waals surface area contributed by atoms with Crippen LogP contribution in [0.1, 0.15) is 32.3 Å². The SMILES string of the molecule is CC(C)CCCOCc1ccc(F)c(B(O)O)c1. The third kappa shape index (κ3) is 5.17. The van der Waals surface area contributed by atoms with Crippen LogP contribution in [-0.4, -0.2) is 23.8 Å². The Bertz CT molecular complexity index is 369. The number of ether oxygens (including phenoxy) is 1. The van der Waals surface area contributed by atoms with E-state index in [1.165, 1.54) is 12.1 Å². The van der Waals surface area contributed by atoms with Gasteiger partial charge in [-0.15, -0.1) is 0 Å². The van der Waals surface area contributed by atoms with Crippen LogP contribution < -0.4 is 5.46 Å². The second-order valence-corrected chi connectivity index (χ2v) is 4.82. The third-order valence-electron chi connectivity index (χ3n) is 2.68. The molecule has 0 aliphatic carbocycles. The highest BCUT2D eigenvalue weighted by Gasteiger charge is 2.16. The lowest BCUT2D eigenvalue weighted by atomic mass is 9.79. The number of hydrogen-bond acceptors (Lipinski definition) is 3. The van der Waals surface area contributed by atoms with Crippen LogP contribution in [0.3, 0.4) is 0 Å². The van der Waals surface area contributed by atoms with E-state index >= 15 is 0 Å². The summed E-state index contributed by atoms with van der Waals surface area (Å²) in [4.78, 5) is 0. The summed E-state index contributed by atoms with van der Waals surface area (Å²) in [6, 6.07) is 4.23. The van der Waals surface area contributed by atoms with Crippen LogP contribution in [0.15, 0.2) is 18.2 Å². The van der Waals surface area contributed by atoms with Gasteiger partial charge in [0, 0.05) is 12.1 Å². The van der Waals surface area contributed by atoms with Gasteiger partial charge >= 0.3 is 7.12 Å². The molecule has 0 saturated carbocycles. The predicted molar refractivity (Wildman–Crippen MR) is 70.0 cm³/mol. The third-order valence-corrected chi connectivity index (χ3v) is 2.68. The molecule has 0 bridgehead atoms. The van der Waals surface area contributed by atoms with Gasteiger partial charge in [-0.2, -0.15) is 0 Å². The number of hydrogen-bond donors (Lipinski definition) is 2. The molecule has 0 aliphatic rings. The smallest absolute Gasteiger partial charge is 0.423 e. The molecule has 0 saturated heterocycles. The van der Waals surface area contributed by atoms with Crippen LogP contribution in [0.2, 0.25) is 0 Å². The fraction of sp³-hybridized carbons (Fsp3) is 0.538. The first-order valence-corrected chi connectivity index (χ1v) is 6.23. The van der Waals surface area contributed by atoms with E-state index in [4.69, 9.17) is 14.8 Å². The lowest BCUT2D eigenvalue weighted by Gasteiger charge is -2.08. The van der Waals surface area contributed by atoms with Gasteiger partial charge in [-0.1, -0.05) is 26.0 Å². The Labute approximate surface area is 108 Å². The van der Waals surface area contributed by atoms with Crippen molar-refractivity contribution in [1.29, 1.82) is 0 Å². The van der Waals surface area contributed by atoms with Crippen LogP contribution >= 0.6 is 0 Å². The highest BCUT2D eigenvalue weighted by molar-refractivity contribution is 6.58. The maximum absolute atomic E-state index is 13.2. The monoisotopic (exact) mass is 254 g/mol. The number of rotatable bonds is 7. The normalized spacial score (nSPS) is 11.0. The van der Waals surface area contributed by atoms with Gasteiger partial charge in [-0.25, -0.2) is 4.39 Å². The standard InChI is InChI=1S/C13H20BFO3/c1-10(2)4-3-7-18-9-11-5-6-13(15)12(8-11)14(16)17/h5-6,8,10,16-17H,3-4,7,9H2,1-2H3. The van der Waals surface area contributed by atoms with E-state index < -0.39 is 12.9 Å². The summed E-state index contributed by atoms with van der Waals surface area (Å²) in [6.45, 7) is 5.34. The van der Waals surface area contributed by atoms with Crippen molar-refractivity contribution in [2.24, 2.45) is 5.92 Å². The molecule has 1 aromatic carbocycles. The van der Waals surface area contributed by atoms with Crippen molar-refractivity contribution in [2.45, 2.75) is 33.3 Å². The van der Waals surface area contributed by atoms with E-state index in [0.29, 0.717) is 19.1 Å². The Kier molecular flexibility index (Phi) is 6.32. The Morgan fingerprint density at radius 3 is 2.67 bits per heavy atom. The molecule has 18 heavy (non-hydrogen) atoms. The zero-order valence-electron chi connectivity index (χ0n) is 10.9. The topological polar surface area (TPSA) is 49.7 Å². The fourth-order valence-electron chi connectivity index (χ4n) is 1.66. The summed E-state index contributed by atoms with van der Waals surface area (Å²) in [7, 11) is -1.79. The molecule has 0 radical (unpaired) electrons. The summed E-state index contributed by atoms with van der Waals surface area (Å²) in [5.74, 6) is 0.0455. The van der Waals surface area contributed by atoms with Gasteiger partial charge in [0.15, 0.2) is 0 Å². The summed E-state index contributed by atoms with van der Waals surface area (Å²) in [5, 5.41) is 17.9. The molecule has 1 rings (SSSR count). The van der Waals surface area contributed by atoms with Crippen LogP contribution in [-0.2, 0) is 11.3 Å². The average Bonchev–Trinajstić information content (AvgIpc) is 2.30. The molecule has 0 aromatic heterocycles. The van der Waals surface area contributed by atoms with Crippen LogP contribution in [0, 0.1) is 11.7 Å². The molecule has 0 heterocycles. The Morgan fingerprint density at radius 2 is 2.06 bits per heavy atom.